The van der Waals surface area contributed by atoms with Crippen molar-refractivity contribution in [2.45, 2.75) is 26.4 Å². The van der Waals surface area contributed by atoms with Crippen LogP contribution in [0.5, 0.6) is 5.75 Å². The molecule has 2 rings (SSSR count). The molecule has 0 unspecified atom stereocenters. The Balaban J connectivity index is 1.84. The Morgan fingerprint density at radius 2 is 1.91 bits per heavy atom. The number of imidazole rings is 1. The lowest BCUT2D eigenvalue weighted by atomic mass is 10.2. The van der Waals surface area contributed by atoms with Gasteiger partial charge in [0.15, 0.2) is 0 Å². The first-order chi connectivity index (χ1) is 10.3. The average Bonchev–Trinajstić information content (AvgIpc) is 2.83. The summed E-state index contributed by atoms with van der Waals surface area (Å²) in [6.45, 7) is 4.23. The predicted molar refractivity (Wildman–Crippen MR) is 76.4 cm³/mol. The molecule has 0 aliphatic heterocycles. The summed E-state index contributed by atoms with van der Waals surface area (Å²) in [4.78, 5) is 6.25. The molecular weight excluding hydrogens is 295 g/mol. The minimum atomic E-state index is -4.65. The molecule has 1 heterocycles. The van der Waals surface area contributed by atoms with Crippen LogP contribution in [0.2, 0.25) is 0 Å². The lowest BCUT2D eigenvalue weighted by Crippen LogP contribution is -2.23. The second kappa shape index (κ2) is 6.83. The second-order valence-corrected chi connectivity index (χ2v) is 5.10. The van der Waals surface area contributed by atoms with Crippen LogP contribution in [0.15, 0.2) is 36.7 Å². The lowest BCUT2D eigenvalue weighted by molar-refractivity contribution is -0.274. The summed E-state index contributed by atoms with van der Waals surface area (Å²) in [5.74, 6) is 0.759. The molecule has 0 atom stereocenters. The summed E-state index contributed by atoms with van der Waals surface area (Å²) < 4.78 is 42.1. The van der Waals surface area contributed by atoms with Crippen LogP contribution in [0.1, 0.15) is 11.4 Å². The van der Waals surface area contributed by atoms with Crippen molar-refractivity contribution in [1.82, 2.24) is 14.5 Å². The van der Waals surface area contributed by atoms with Gasteiger partial charge in [-0.2, -0.15) is 0 Å². The SMILES string of the molecule is Cc1nccn1CCN(C)Cc1ccc(OC(F)(F)F)cc1. The second-order valence-electron chi connectivity index (χ2n) is 5.10. The van der Waals surface area contributed by atoms with E-state index in [1.165, 1.54) is 12.1 Å². The Morgan fingerprint density at radius 1 is 1.23 bits per heavy atom. The van der Waals surface area contributed by atoms with E-state index in [0.29, 0.717) is 6.54 Å². The molecule has 2 aromatic rings. The fourth-order valence-electron chi connectivity index (χ4n) is 2.11. The number of likely N-dealkylation sites (N-methyl/N-ethyl adjacent to an activating group) is 1. The number of aromatic nitrogens is 2. The number of rotatable bonds is 6. The van der Waals surface area contributed by atoms with Crippen LogP contribution in [0.4, 0.5) is 13.2 Å². The summed E-state index contributed by atoms with van der Waals surface area (Å²) in [6, 6.07) is 5.94. The van der Waals surface area contributed by atoms with Gasteiger partial charge in [-0.05, 0) is 31.7 Å². The van der Waals surface area contributed by atoms with Gasteiger partial charge >= 0.3 is 6.36 Å². The van der Waals surface area contributed by atoms with E-state index in [1.807, 2.05) is 20.2 Å². The number of benzene rings is 1. The van der Waals surface area contributed by atoms with Gasteiger partial charge in [-0.15, -0.1) is 13.2 Å². The molecule has 0 radical (unpaired) electrons. The van der Waals surface area contributed by atoms with E-state index in [-0.39, 0.29) is 5.75 Å². The maximum atomic E-state index is 12.1. The van der Waals surface area contributed by atoms with Crippen LogP contribution in [-0.4, -0.2) is 34.4 Å². The third-order valence-electron chi connectivity index (χ3n) is 3.26. The van der Waals surface area contributed by atoms with Gasteiger partial charge in [-0.1, -0.05) is 12.1 Å². The zero-order valence-electron chi connectivity index (χ0n) is 12.5. The zero-order valence-corrected chi connectivity index (χ0v) is 12.5. The molecule has 0 saturated heterocycles. The van der Waals surface area contributed by atoms with Crippen molar-refractivity contribution in [1.29, 1.82) is 0 Å². The normalized spacial score (nSPS) is 11.9. The van der Waals surface area contributed by atoms with E-state index in [4.69, 9.17) is 0 Å². The smallest absolute Gasteiger partial charge is 0.406 e. The fraction of sp³-hybridized carbons (Fsp3) is 0.400. The predicted octanol–water partition coefficient (Wildman–Crippen LogP) is 3.22. The topological polar surface area (TPSA) is 30.3 Å². The molecule has 1 aromatic carbocycles. The summed E-state index contributed by atoms with van der Waals surface area (Å²) >= 11 is 0. The van der Waals surface area contributed by atoms with Crippen LogP contribution in [0, 0.1) is 6.92 Å². The Kier molecular flexibility index (Phi) is 5.07. The highest BCUT2D eigenvalue weighted by molar-refractivity contribution is 5.27. The lowest BCUT2D eigenvalue weighted by Gasteiger charge is -2.18. The number of nitrogens with zero attached hydrogens (tertiary/aromatic N) is 3. The van der Waals surface area contributed by atoms with E-state index >= 15 is 0 Å². The molecule has 0 fully saturated rings. The minimum absolute atomic E-state index is 0.201. The first-order valence-electron chi connectivity index (χ1n) is 6.84. The number of ether oxygens (including phenoxy) is 1. The van der Waals surface area contributed by atoms with Crippen molar-refractivity contribution in [2.24, 2.45) is 0 Å². The summed E-state index contributed by atoms with van der Waals surface area (Å²) in [5, 5.41) is 0. The number of hydrogen-bond acceptors (Lipinski definition) is 3. The zero-order chi connectivity index (χ0) is 16.2. The largest absolute Gasteiger partial charge is 0.573 e. The van der Waals surface area contributed by atoms with Crippen LogP contribution in [0.25, 0.3) is 0 Å². The quantitative estimate of drug-likeness (QED) is 0.820. The standard InChI is InChI=1S/C15H18F3N3O/c1-12-19-7-8-21(12)10-9-20(2)11-13-3-5-14(6-4-13)22-15(16,17)18/h3-8H,9-11H2,1-2H3. The number of hydrogen-bond donors (Lipinski definition) is 0. The molecule has 0 aliphatic rings. The molecule has 0 spiro atoms. The Hall–Kier alpha value is -2.02. The van der Waals surface area contributed by atoms with Crippen molar-refractivity contribution in [2.75, 3.05) is 13.6 Å². The molecule has 7 heteroatoms. The Bertz CT molecular complexity index is 593. The van der Waals surface area contributed by atoms with Crippen LogP contribution in [0.3, 0.4) is 0 Å². The van der Waals surface area contributed by atoms with Gasteiger partial charge < -0.3 is 14.2 Å². The van der Waals surface area contributed by atoms with Gasteiger partial charge in [0.2, 0.25) is 0 Å². The first kappa shape index (κ1) is 16.4. The molecule has 0 saturated carbocycles. The molecule has 120 valence electrons. The van der Waals surface area contributed by atoms with Crippen molar-refractivity contribution in [3.8, 4) is 5.75 Å². The summed E-state index contributed by atoms with van der Waals surface area (Å²) in [7, 11) is 1.96. The Labute approximate surface area is 127 Å². The Morgan fingerprint density at radius 3 is 2.45 bits per heavy atom. The van der Waals surface area contributed by atoms with Crippen LogP contribution < -0.4 is 4.74 Å². The maximum absolute atomic E-state index is 12.1. The fourth-order valence-corrected chi connectivity index (χ4v) is 2.11. The highest BCUT2D eigenvalue weighted by Gasteiger charge is 2.30. The molecule has 22 heavy (non-hydrogen) atoms. The van der Waals surface area contributed by atoms with Gasteiger partial charge in [-0.3, -0.25) is 0 Å². The van der Waals surface area contributed by atoms with Crippen molar-refractivity contribution in [3.05, 3.63) is 48.0 Å². The van der Waals surface area contributed by atoms with E-state index in [1.54, 1.807) is 18.3 Å². The molecule has 0 bridgehead atoms. The molecular formula is C15H18F3N3O. The van der Waals surface area contributed by atoms with Crippen LogP contribution in [-0.2, 0) is 13.1 Å². The number of alkyl halides is 3. The molecule has 1 aromatic heterocycles. The molecule has 0 amide bonds. The van der Waals surface area contributed by atoms with Gasteiger partial charge in [-0.25, -0.2) is 4.98 Å². The van der Waals surface area contributed by atoms with E-state index in [9.17, 15) is 13.2 Å². The molecule has 0 N–H and O–H groups in total. The van der Waals surface area contributed by atoms with Crippen LogP contribution >= 0.6 is 0 Å². The van der Waals surface area contributed by atoms with Crippen molar-refractivity contribution in [3.63, 3.8) is 0 Å². The summed E-state index contributed by atoms with van der Waals surface area (Å²) in [6.07, 6.45) is -0.970. The third-order valence-corrected chi connectivity index (χ3v) is 3.26. The van der Waals surface area contributed by atoms with E-state index in [2.05, 4.69) is 19.2 Å². The summed E-state index contributed by atoms with van der Waals surface area (Å²) in [5.41, 5.74) is 0.930. The van der Waals surface area contributed by atoms with Crippen molar-refractivity contribution < 1.29 is 17.9 Å². The number of halogens is 3. The monoisotopic (exact) mass is 313 g/mol. The van der Waals surface area contributed by atoms with Gasteiger partial charge in [0.1, 0.15) is 11.6 Å². The highest BCUT2D eigenvalue weighted by Crippen LogP contribution is 2.22. The average molecular weight is 313 g/mol. The van der Waals surface area contributed by atoms with Gasteiger partial charge in [0, 0.05) is 32.0 Å². The third kappa shape index (κ3) is 5.07. The minimum Gasteiger partial charge on any atom is -0.406 e. The molecule has 4 nitrogen and oxygen atoms in total. The number of aryl methyl sites for hydroxylation is 1. The van der Waals surface area contributed by atoms with E-state index in [0.717, 1.165) is 24.5 Å². The highest BCUT2D eigenvalue weighted by atomic mass is 19.4. The molecule has 0 aliphatic carbocycles. The maximum Gasteiger partial charge on any atom is 0.573 e. The van der Waals surface area contributed by atoms with Gasteiger partial charge in [0.25, 0.3) is 0 Å². The first-order valence-corrected chi connectivity index (χ1v) is 6.84. The van der Waals surface area contributed by atoms with E-state index < -0.39 is 6.36 Å². The van der Waals surface area contributed by atoms with Gasteiger partial charge in [0.05, 0.1) is 0 Å². The van der Waals surface area contributed by atoms with Crippen molar-refractivity contribution >= 4 is 0 Å².